The maximum Gasteiger partial charge on any atom is 0.134 e. The summed E-state index contributed by atoms with van der Waals surface area (Å²) in [6.45, 7) is 0. The van der Waals surface area contributed by atoms with Crippen molar-refractivity contribution < 1.29 is 0 Å². The fourth-order valence-corrected chi connectivity index (χ4v) is 5.66. The first-order valence-electron chi connectivity index (χ1n) is 5.77. The van der Waals surface area contributed by atoms with E-state index in [4.69, 9.17) is 34.8 Å². The number of hydrogen-bond acceptors (Lipinski definition) is 3. The molecule has 0 saturated carbocycles. The highest BCUT2D eigenvalue weighted by molar-refractivity contribution is 8.25. The van der Waals surface area contributed by atoms with Gasteiger partial charge in [-0.25, -0.2) is 4.98 Å². The minimum atomic E-state index is 0.289. The van der Waals surface area contributed by atoms with E-state index in [9.17, 15) is 0 Å². The molecule has 2 heterocycles. The van der Waals surface area contributed by atoms with Crippen molar-refractivity contribution in [1.29, 1.82) is 0 Å². The van der Waals surface area contributed by atoms with Crippen LogP contribution in [0, 0.1) is 0 Å². The molecule has 0 spiro atoms. The second-order valence-corrected chi connectivity index (χ2v) is 7.83. The van der Waals surface area contributed by atoms with Crippen molar-refractivity contribution in [3.63, 3.8) is 0 Å². The minimum absolute atomic E-state index is 0.289. The van der Waals surface area contributed by atoms with Gasteiger partial charge in [0.25, 0.3) is 0 Å². The second kappa shape index (κ2) is 6.24. The van der Waals surface area contributed by atoms with Crippen LogP contribution in [0.3, 0.4) is 0 Å². The molecule has 1 unspecified atom stereocenters. The summed E-state index contributed by atoms with van der Waals surface area (Å²) in [4.78, 5) is 4.01. The summed E-state index contributed by atoms with van der Waals surface area (Å²) < 4.78 is 2.89. The Balaban J connectivity index is 1.85. The Kier molecular flexibility index (Phi) is 4.58. The van der Waals surface area contributed by atoms with Gasteiger partial charge >= 0.3 is 0 Å². The van der Waals surface area contributed by atoms with Gasteiger partial charge in [-0.05, 0) is 17.7 Å². The van der Waals surface area contributed by atoms with Gasteiger partial charge in [0.1, 0.15) is 5.16 Å². The molecule has 3 rings (SSSR count). The van der Waals surface area contributed by atoms with Crippen LogP contribution in [0.25, 0.3) is 5.16 Å². The molecular weight excluding hydrogens is 355 g/mol. The number of rotatable bonds is 2. The molecular formula is C13H9Cl3N2S2. The van der Waals surface area contributed by atoms with Gasteiger partial charge in [0.2, 0.25) is 0 Å². The summed E-state index contributed by atoms with van der Waals surface area (Å²) in [7, 11) is 0. The van der Waals surface area contributed by atoms with Crippen LogP contribution in [0.5, 0.6) is 0 Å². The second-order valence-electron chi connectivity index (χ2n) is 4.13. The lowest BCUT2D eigenvalue weighted by Gasteiger charge is -2.10. The summed E-state index contributed by atoms with van der Waals surface area (Å²) in [5.74, 6) is 0.937. The minimum Gasteiger partial charge on any atom is -0.295 e. The Labute approximate surface area is 140 Å². The third-order valence-corrected chi connectivity index (χ3v) is 6.92. The molecule has 1 fully saturated rings. The molecule has 2 nitrogen and oxygen atoms in total. The Bertz CT molecular complexity index is 656. The van der Waals surface area contributed by atoms with Gasteiger partial charge in [-0.15, -0.1) is 23.5 Å². The van der Waals surface area contributed by atoms with Gasteiger partial charge in [0.15, 0.2) is 0 Å². The van der Waals surface area contributed by atoms with E-state index in [0.29, 0.717) is 15.2 Å². The van der Waals surface area contributed by atoms with Gasteiger partial charge < -0.3 is 0 Å². The molecule has 1 aliphatic heterocycles. The van der Waals surface area contributed by atoms with E-state index in [-0.39, 0.29) is 5.25 Å². The average Bonchev–Trinajstić information content (AvgIpc) is 3.09. The molecule has 1 aromatic heterocycles. The number of aromatic nitrogens is 2. The number of halogens is 3. The van der Waals surface area contributed by atoms with Crippen molar-refractivity contribution in [1.82, 2.24) is 9.55 Å². The molecule has 1 atom stereocenters. The number of imidazole rings is 1. The van der Waals surface area contributed by atoms with Crippen LogP contribution in [0.2, 0.25) is 10.0 Å². The Morgan fingerprint density at radius 2 is 2.20 bits per heavy atom. The molecule has 7 heteroatoms. The third-order valence-electron chi connectivity index (χ3n) is 2.82. The summed E-state index contributed by atoms with van der Waals surface area (Å²) in [5, 5.41) is 2.33. The first kappa shape index (κ1) is 14.7. The monoisotopic (exact) mass is 362 g/mol. The SMILES string of the molecule is Cl/C(=C1/SCC(c2ccc(Cl)cc2Cl)S1)n1ccnc1. The van der Waals surface area contributed by atoms with Crippen molar-refractivity contribution in [3.05, 3.63) is 56.8 Å². The molecule has 20 heavy (non-hydrogen) atoms. The van der Waals surface area contributed by atoms with E-state index in [2.05, 4.69) is 4.98 Å². The topological polar surface area (TPSA) is 17.8 Å². The van der Waals surface area contributed by atoms with Crippen molar-refractivity contribution >= 4 is 63.5 Å². The molecule has 0 N–H and O–H groups in total. The van der Waals surface area contributed by atoms with Crippen LogP contribution in [-0.2, 0) is 0 Å². The lowest BCUT2D eigenvalue weighted by Crippen LogP contribution is -1.93. The lowest BCUT2D eigenvalue weighted by molar-refractivity contribution is 1.12. The Morgan fingerprint density at radius 1 is 1.35 bits per heavy atom. The van der Waals surface area contributed by atoms with Gasteiger partial charge in [0.05, 0.1) is 10.6 Å². The molecule has 0 amide bonds. The standard InChI is InChI=1S/C13H9Cl3N2S2/c14-8-1-2-9(10(15)5-8)11-6-19-13(20-11)12(16)18-4-3-17-7-18/h1-5,7,11H,6H2/b13-12+. The van der Waals surface area contributed by atoms with Gasteiger partial charge in [-0.2, -0.15) is 0 Å². The Morgan fingerprint density at radius 3 is 2.90 bits per heavy atom. The summed E-state index contributed by atoms with van der Waals surface area (Å²) in [6.07, 6.45) is 5.23. The fraction of sp³-hybridized carbons (Fsp3) is 0.154. The van der Waals surface area contributed by atoms with E-state index in [0.717, 1.165) is 15.6 Å². The quantitative estimate of drug-likeness (QED) is 0.678. The van der Waals surface area contributed by atoms with E-state index in [1.54, 1.807) is 42.1 Å². The summed E-state index contributed by atoms with van der Waals surface area (Å²) in [6, 6.07) is 5.63. The molecule has 104 valence electrons. The fourth-order valence-electron chi connectivity index (χ4n) is 1.85. The third kappa shape index (κ3) is 3.00. The van der Waals surface area contributed by atoms with Crippen LogP contribution in [0.1, 0.15) is 10.8 Å². The van der Waals surface area contributed by atoms with Crippen molar-refractivity contribution in [2.24, 2.45) is 0 Å². The average molecular weight is 364 g/mol. The molecule has 0 radical (unpaired) electrons. The first-order chi connectivity index (χ1) is 9.65. The van der Waals surface area contributed by atoms with Crippen LogP contribution >= 0.6 is 58.3 Å². The normalized spacial score (nSPS) is 21.2. The van der Waals surface area contributed by atoms with Gasteiger partial charge in [0, 0.05) is 33.4 Å². The largest absolute Gasteiger partial charge is 0.295 e. The maximum atomic E-state index is 6.38. The number of benzene rings is 1. The molecule has 0 aliphatic carbocycles. The van der Waals surface area contributed by atoms with E-state index >= 15 is 0 Å². The predicted octanol–water partition coefficient (Wildman–Crippen LogP) is 5.73. The smallest absolute Gasteiger partial charge is 0.134 e. The Hall–Kier alpha value is -0.260. The van der Waals surface area contributed by atoms with Crippen LogP contribution < -0.4 is 0 Å². The first-order valence-corrected chi connectivity index (χ1v) is 8.77. The zero-order valence-electron chi connectivity index (χ0n) is 10.1. The van der Waals surface area contributed by atoms with Crippen LogP contribution in [0.15, 0.2) is 41.2 Å². The summed E-state index contributed by atoms with van der Waals surface area (Å²) >= 11 is 22.0. The van der Waals surface area contributed by atoms with Gasteiger partial charge in [-0.3, -0.25) is 4.57 Å². The lowest BCUT2D eigenvalue weighted by atomic mass is 10.2. The molecule has 1 saturated heterocycles. The highest BCUT2D eigenvalue weighted by Crippen LogP contribution is 2.53. The van der Waals surface area contributed by atoms with Crippen molar-refractivity contribution in [3.8, 4) is 0 Å². The number of thioether (sulfide) groups is 2. The zero-order chi connectivity index (χ0) is 14.1. The van der Waals surface area contributed by atoms with Crippen LogP contribution in [0.4, 0.5) is 0 Å². The van der Waals surface area contributed by atoms with Gasteiger partial charge in [-0.1, -0.05) is 40.9 Å². The molecule has 1 aromatic carbocycles. The van der Waals surface area contributed by atoms with Crippen molar-refractivity contribution in [2.75, 3.05) is 5.75 Å². The highest BCUT2D eigenvalue weighted by atomic mass is 35.5. The molecule has 0 bridgehead atoms. The highest BCUT2D eigenvalue weighted by Gasteiger charge is 2.27. The van der Waals surface area contributed by atoms with E-state index < -0.39 is 0 Å². The number of hydrogen-bond donors (Lipinski definition) is 0. The van der Waals surface area contributed by atoms with Crippen LogP contribution in [-0.4, -0.2) is 15.3 Å². The zero-order valence-corrected chi connectivity index (χ0v) is 14.0. The van der Waals surface area contributed by atoms with E-state index in [1.807, 2.05) is 22.9 Å². The summed E-state index contributed by atoms with van der Waals surface area (Å²) in [5.41, 5.74) is 1.10. The number of nitrogens with zero attached hydrogens (tertiary/aromatic N) is 2. The predicted molar refractivity (Wildman–Crippen MR) is 90.5 cm³/mol. The molecule has 1 aliphatic rings. The maximum absolute atomic E-state index is 6.38. The van der Waals surface area contributed by atoms with Crippen molar-refractivity contribution in [2.45, 2.75) is 5.25 Å². The molecule has 2 aromatic rings. The van der Waals surface area contributed by atoms with E-state index in [1.165, 1.54) is 0 Å².